The van der Waals surface area contributed by atoms with E-state index in [4.69, 9.17) is 0 Å². The van der Waals surface area contributed by atoms with E-state index in [9.17, 15) is 0 Å². The molecule has 1 saturated heterocycles. The molecule has 1 unspecified atom stereocenters. The molecule has 0 amide bonds. The fraction of sp³-hybridized carbons (Fsp3) is 0.812. The highest BCUT2D eigenvalue weighted by Gasteiger charge is 2.37. The summed E-state index contributed by atoms with van der Waals surface area (Å²) in [5.74, 6) is 0. The van der Waals surface area contributed by atoms with Crippen molar-refractivity contribution in [2.45, 2.75) is 76.3 Å². The van der Waals surface area contributed by atoms with Crippen molar-refractivity contribution in [1.82, 2.24) is 14.9 Å². The van der Waals surface area contributed by atoms with Crippen molar-refractivity contribution in [2.24, 2.45) is 0 Å². The number of nitrogens with one attached hydrogen (secondary N) is 1. The maximum Gasteiger partial charge on any atom is 0.0950 e. The Kier molecular flexibility index (Phi) is 3.92. The Labute approximate surface area is 116 Å². The van der Waals surface area contributed by atoms with Crippen LogP contribution in [0.1, 0.15) is 70.0 Å². The number of aryl methyl sites for hydroxylation is 1. The van der Waals surface area contributed by atoms with Crippen LogP contribution in [0, 0.1) is 0 Å². The quantitative estimate of drug-likeness (QED) is 0.903. The molecule has 1 aliphatic carbocycles. The van der Waals surface area contributed by atoms with Crippen molar-refractivity contribution in [2.75, 3.05) is 6.54 Å². The van der Waals surface area contributed by atoms with Gasteiger partial charge in [-0.15, -0.1) is 0 Å². The number of piperidine rings is 1. The molecule has 2 aliphatic rings. The molecule has 1 aliphatic heterocycles. The molecule has 3 rings (SSSR count). The van der Waals surface area contributed by atoms with Crippen LogP contribution >= 0.6 is 0 Å². The fourth-order valence-electron chi connectivity index (χ4n) is 4.09. The number of aromatic nitrogens is 2. The number of nitrogens with zero attached hydrogens (tertiary/aromatic N) is 2. The van der Waals surface area contributed by atoms with E-state index in [-0.39, 0.29) is 0 Å². The molecule has 1 spiro atoms. The van der Waals surface area contributed by atoms with Gasteiger partial charge in [-0.2, -0.15) is 0 Å². The van der Waals surface area contributed by atoms with Crippen LogP contribution < -0.4 is 5.32 Å². The van der Waals surface area contributed by atoms with Gasteiger partial charge in [-0.05, 0) is 38.6 Å². The summed E-state index contributed by atoms with van der Waals surface area (Å²) in [6.07, 6.45) is 16.1. The second kappa shape index (κ2) is 5.66. The Balaban J connectivity index is 1.75. The van der Waals surface area contributed by atoms with Crippen molar-refractivity contribution in [1.29, 1.82) is 0 Å². The molecule has 1 N–H and O–H groups in total. The average molecular weight is 261 g/mol. The molecule has 0 aromatic carbocycles. The Bertz CT molecular complexity index is 398. The molecule has 1 aromatic heterocycles. The van der Waals surface area contributed by atoms with E-state index in [1.807, 2.05) is 0 Å². The summed E-state index contributed by atoms with van der Waals surface area (Å²) in [5, 5.41) is 3.84. The van der Waals surface area contributed by atoms with Crippen LogP contribution in [0.4, 0.5) is 0 Å². The number of imidazole rings is 1. The van der Waals surface area contributed by atoms with E-state index in [0.29, 0.717) is 11.6 Å². The lowest BCUT2D eigenvalue weighted by Gasteiger charge is -2.45. The summed E-state index contributed by atoms with van der Waals surface area (Å²) < 4.78 is 2.47. The summed E-state index contributed by atoms with van der Waals surface area (Å²) in [7, 11) is 0. The Morgan fingerprint density at radius 3 is 3.00 bits per heavy atom. The van der Waals surface area contributed by atoms with Gasteiger partial charge in [0.2, 0.25) is 0 Å². The van der Waals surface area contributed by atoms with E-state index >= 15 is 0 Å². The molecule has 19 heavy (non-hydrogen) atoms. The van der Waals surface area contributed by atoms with Crippen molar-refractivity contribution in [3.63, 3.8) is 0 Å². The molecular weight excluding hydrogens is 234 g/mol. The highest BCUT2D eigenvalue weighted by Crippen LogP contribution is 2.39. The van der Waals surface area contributed by atoms with E-state index in [0.717, 1.165) is 6.42 Å². The predicted molar refractivity (Wildman–Crippen MR) is 78.3 cm³/mol. The van der Waals surface area contributed by atoms with Gasteiger partial charge in [0.1, 0.15) is 0 Å². The molecule has 2 heterocycles. The zero-order chi connectivity index (χ0) is 13.1. The van der Waals surface area contributed by atoms with E-state index in [1.54, 1.807) is 0 Å². The van der Waals surface area contributed by atoms with Crippen LogP contribution in [0.5, 0.6) is 0 Å². The molecule has 2 fully saturated rings. The van der Waals surface area contributed by atoms with Gasteiger partial charge in [-0.25, -0.2) is 4.98 Å². The van der Waals surface area contributed by atoms with Crippen LogP contribution in [0.3, 0.4) is 0 Å². The van der Waals surface area contributed by atoms with E-state index in [1.165, 1.54) is 63.6 Å². The van der Waals surface area contributed by atoms with Crippen LogP contribution in [0.2, 0.25) is 0 Å². The number of hydrogen-bond acceptors (Lipinski definition) is 2. The Hall–Kier alpha value is -0.830. The van der Waals surface area contributed by atoms with Crippen molar-refractivity contribution >= 4 is 0 Å². The van der Waals surface area contributed by atoms with Crippen LogP contribution in [0.25, 0.3) is 0 Å². The molecular formula is C16H27N3. The first-order valence-corrected chi connectivity index (χ1v) is 8.09. The first kappa shape index (κ1) is 13.2. The summed E-state index contributed by atoms with van der Waals surface area (Å²) >= 11 is 0. The SMILES string of the molecule is CCCc1cncn1C1CCNC2(CCCCC2)C1. The third-order valence-corrected chi connectivity index (χ3v) is 5.06. The third kappa shape index (κ3) is 2.71. The van der Waals surface area contributed by atoms with E-state index < -0.39 is 0 Å². The summed E-state index contributed by atoms with van der Waals surface area (Å²) in [6, 6.07) is 0.670. The minimum Gasteiger partial charge on any atom is -0.331 e. The topological polar surface area (TPSA) is 29.9 Å². The highest BCUT2D eigenvalue weighted by molar-refractivity contribution is 5.05. The zero-order valence-corrected chi connectivity index (χ0v) is 12.2. The van der Waals surface area contributed by atoms with Gasteiger partial charge in [0.15, 0.2) is 0 Å². The Morgan fingerprint density at radius 2 is 2.21 bits per heavy atom. The average Bonchev–Trinajstić information content (AvgIpc) is 2.88. The molecule has 3 nitrogen and oxygen atoms in total. The zero-order valence-electron chi connectivity index (χ0n) is 12.2. The lowest BCUT2D eigenvalue weighted by Crippen LogP contribution is -2.52. The predicted octanol–water partition coefficient (Wildman–Crippen LogP) is 3.46. The molecule has 3 heteroatoms. The first-order valence-electron chi connectivity index (χ1n) is 8.09. The Morgan fingerprint density at radius 1 is 1.37 bits per heavy atom. The van der Waals surface area contributed by atoms with Crippen LogP contribution in [0.15, 0.2) is 12.5 Å². The minimum atomic E-state index is 0.439. The normalized spacial score (nSPS) is 26.7. The molecule has 1 atom stereocenters. The molecule has 1 saturated carbocycles. The number of rotatable bonds is 3. The first-order chi connectivity index (χ1) is 9.33. The molecule has 106 valence electrons. The largest absolute Gasteiger partial charge is 0.331 e. The minimum absolute atomic E-state index is 0.439. The standard InChI is InChI=1S/C16H27N3/c1-2-6-15-12-17-13-19(15)14-7-10-18-16(11-14)8-4-3-5-9-16/h12-14,18H,2-11H2,1H3. The molecule has 1 aromatic rings. The van der Waals surface area contributed by atoms with Gasteiger partial charge in [-0.1, -0.05) is 32.6 Å². The maximum absolute atomic E-state index is 4.39. The van der Waals surface area contributed by atoms with Crippen molar-refractivity contribution < 1.29 is 0 Å². The highest BCUT2D eigenvalue weighted by atomic mass is 15.1. The van der Waals surface area contributed by atoms with Crippen LogP contribution in [-0.2, 0) is 6.42 Å². The molecule has 0 radical (unpaired) electrons. The lowest BCUT2D eigenvalue weighted by atomic mass is 9.75. The summed E-state index contributed by atoms with van der Waals surface area (Å²) in [6.45, 7) is 3.43. The summed E-state index contributed by atoms with van der Waals surface area (Å²) in [5.41, 5.74) is 1.87. The molecule has 0 bridgehead atoms. The van der Waals surface area contributed by atoms with Crippen molar-refractivity contribution in [3.05, 3.63) is 18.2 Å². The number of hydrogen-bond donors (Lipinski definition) is 1. The monoisotopic (exact) mass is 261 g/mol. The summed E-state index contributed by atoms with van der Waals surface area (Å²) in [4.78, 5) is 4.39. The third-order valence-electron chi connectivity index (χ3n) is 5.06. The van der Waals surface area contributed by atoms with Gasteiger partial charge in [0.05, 0.1) is 6.33 Å². The lowest BCUT2D eigenvalue weighted by molar-refractivity contribution is 0.145. The smallest absolute Gasteiger partial charge is 0.0950 e. The van der Waals surface area contributed by atoms with Crippen LogP contribution in [-0.4, -0.2) is 21.6 Å². The maximum atomic E-state index is 4.39. The van der Waals surface area contributed by atoms with Gasteiger partial charge < -0.3 is 9.88 Å². The van der Waals surface area contributed by atoms with Crippen molar-refractivity contribution in [3.8, 4) is 0 Å². The van der Waals surface area contributed by atoms with E-state index in [2.05, 4.69) is 34.3 Å². The van der Waals surface area contributed by atoms with Gasteiger partial charge >= 0.3 is 0 Å². The second-order valence-corrected chi connectivity index (χ2v) is 6.46. The van der Waals surface area contributed by atoms with Gasteiger partial charge in [-0.3, -0.25) is 0 Å². The fourth-order valence-corrected chi connectivity index (χ4v) is 4.09. The second-order valence-electron chi connectivity index (χ2n) is 6.46. The van der Waals surface area contributed by atoms with Gasteiger partial charge in [0.25, 0.3) is 0 Å². The van der Waals surface area contributed by atoms with Gasteiger partial charge in [0, 0.05) is 23.5 Å².